The van der Waals surface area contributed by atoms with Crippen LogP contribution in [0.5, 0.6) is 0 Å². The molecule has 2 bridgehead atoms. The van der Waals surface area contributed by atoms with Crippen molar-refractivity contribution in [3.63, 3.8) is 0 Å². The van der Waals surface area contributed by atoms with E-state index in [1.807, 2.05) is 12.2 Å². The van der Waals surface area contributed by atoms with Gasteiger partial charge in [-0.3, -0.25) is 4.18 Å². The van der Waals surface area contributed by atoms with Gasteiger partial charge in [0.15, 0.2) is 0 Å². The minimum atomic E-state index is -3.52. The molecule has 15 heavy (non-hydrogen) atoms. The number of fused-ring (bicyclic) bond motifs is 2. The number of ether oxygens (including phenoxy) is 1. The van der Waals surface area contributed by atoms with Gasteiger partial charge in [0.1, 0.15) is 12.2 Å². The highest BCUT2D eigenvalue weighted by Gasteiger charge is 2.42. The van der Waals surface area contributed by atoms with E-state index in [0.29, 0.717) is 6.42 Å². The van der Waals surface area contributed by atoms with Crippen LogP contribution in [0.2, 0.25) is 0 Å². The quantitative estimate of drug-likeness (QED) is 0.531. The van der Waals surface area contributed by atoms with Crippen LogP contribution in [0.15, 0.2) is 12.2 Å². The van der Waals surface area contributed by atoms with E-state index in [-0.39, 0.29) is 18.3 Å². The Morgan fingerprint density at radius 2 is 2.00 bits per heavy atom. The van der Waals surface area contributed by atoms with Gasteiger partial charge >= 0.3 is 0 Å². The van der Waals surface area contributed by atoms with Crippen LogP contribution in [0, 0.1) is 0 Å². The third-order valence-corrected chi connectivity index (χ3v) is 4.68. The summed E-state index contributed by atoms with van der Waals surface area (Å²) in [5.74, 6) is 0. The normalized spacial score (nSPS) is 35.0. The number of hydrogen-bond donors (Lipinski definition) is 0. The maximum absolute atomic E-state index is 11.8. The predicted molar refractivity (Wildman–Crippen MR) is 56.0 cm³/mol. The predicted octanol–water partition coefficient (Wildman–Crippen LogP) is 1.23. The second-order valence-electron chi connectivity index (χ2n) is 4.96. The molecule has 0 N–H and O–H groups in total. The highest BCUT2D eigenvalue weighted by Crippen LogP contribution is 2.33. The zero-order valence-electron chi connectivity index (χ0n) is 9.14. The Morgan fingerprint density at radius 1 is 1.33 bits per heavy atom. The standard InChI is InChI=1S/C10H16O4S/c1-10(2,3)15(11,12)14-9-6-7-4-5-8(9)13-7/h4-5,7-9H,6H2,1-3H3. The van der Waals surface area contributed by atoms with Crippen molar-refractivity contribution < 1.29 is 17.3 Å². The molecular formula is C10H16O4S. The van der Waals surface area contributed by atoms with Crippen molar-refractivity contribution in [2.24, 2.45) is 0 Å². The molecule has 2 aliphatic heterocycles. The molecule has 2 heterocycles. The van der Waals surface area contributed by atoms with Gasteiger partial charge in [-0.05, 0) is 20.8 Å². The molecule has 5 heteroatoms. The first-order chi connectivity index (χ1) is 6.79. The smallest absolute Gasteiger partial charge is 0.272 e. The van der Waals surface area contributed by atoms with E-state index in [1.165, 1.54) is 0 Å². The molecule has 1 fully saturated rings. The van der Waals surface area contributed by atoms with E-state index in [4.69, 9.17) is 8.92 Å². The zero-order valence-corrected chi connectivity index (χ0v) is 9.95. The average Bonchev–Trinajstić information content (AvgIpc) is 2.61. The number of rotatable bonds is 2. The van der Waals surface area contributed by atoms with Crippen LogP contribution in [0.25, 0.3) is 0 Å². The SMILES string of the molecule is CC(C)(C)S(=O)(=O)OC1CC2C=CC1O2. The lowest BCUT2D eigenvalue weighted by Gasteiger charge is -2.23. The summed E-state index contributed by atoms with van der Waals surface area (Å²) in [5, 5.41) is 0. The van der Waals surface area contributed by atoms with Crippen LogP contribution in [0.3, 0.4) is 0 Å². The summed E-state index contributed by atoms with van der Waals surface area (Å²) in [4.78, 5) is 0. The van der Waals surface area contributed by atoms with Crippen LogP contribution < -0.4 is 0 Å². The molecule has 86 valence electrons. The van der Waals surface area contributed by atoms with Crippen molar-refractivity contribution in [3.8, 4) is 0 Å². The third-order valence-electron chi connectivity index (χ3n) is 2.68. The lowest BCUT2D eigenvalue weighted by Crippen LogP contribution is -2.36. The minimum absolute atomic E-state index is 0.0372. The third kappa shape index (κ3) is 1.96. The summed E-state index contributed by atoms with van der Waals surface area (Å²) in [6.07, 6.45) is 3.97. The lowest BCUT2D eigenvalue weighted by molar-refractivity contribution is 0.0811. The topological polar surface area (TPSA) is 52.6 Å². The van der Waals surface area contributed by atoms with Gasteiger partial charge in [0.05, 0.1) is 10.9 Å². The lowest BCUT2D eigenvalue weighted by atomic mass is 10.1. The molecule has 0 amide bonds. The van der Waals surface area contributed by atoms with Crippen LogP contribution in [0.1, 0.15) is 27.2 Å². The molecule has 2 rings (SSSR count). The monoisotopic (exact) mass is 232 g/mol. The molecule has 4 nitrogen and oxygen atoms in total. The molecule has 0 saturated carbocycles. The van der Waals surface area contributed by atoms with Gasteiger partial charge in [0, 0.05) is 6.42 Å². The Morgan fingerprint density at radius 3 is 2.40 bits per heavy atom. The van der Waals surface area contributed by atoms with E-state index >= 15 is 0 Å². The van der Waals surface area contributed by atoms with E-state index in [2.05, 4.69) is 0 Å². The molecular weight excluding hydrogens is 216 g/mol. The Labute approximate surface area is 90.4 Å². The molecule has 0 aromatic heterocycles. The van der Waals surface area contributed by atoms with Crippen LogP contribution >= 0.6 is 0 Å². The summed E-state index contributed by atoms with van der Waals surface area (Å²) < 4.78 is 33.3. The fourth-order valence-corrected chi connectivity index (χ4v) is 2.44. The molecule has 0 spiro atoms. The highest BCUT2D eigenvalue weighted by atomic mass is 32.2. The van der Waals surface area contributed by atoms with Gasteiger partial charge in [-0.2, -0.15) is 8.42 Å². The van der Waals surface area contributed by atoms with Crippen molar-refractivity contribution in [1.29, 1.82) is 0 Å². The van der Waals surface area contributed by atoms with Crippen LogP contribution in [-0.4, -0.2) is 31.5 Å². The van der Waals surface area contributed by atoms with Gasteiger partial charge < -0.3 is 4.74 Å². The summed E-state index contributed by atoms with van der Waals surface area (Å²) in [6.45, 7) is 4.89. The fraction of sp³-hybridized carbons (Fsp3) is 0.800. The van der Waals surface area contributed by atoms with Gasteiger partial charge in [-0.15, -0.1) is 0 Å². The Balaban J connectivity index is 2.08. The minimum Gasteiger partial charge on any atom is -0.364 e. The van der Waals surface area contributed by atoms with Crippen molar-refractivity contribution >= 4 is 10.1 Å². The van der Waals surface area contributed by atoms with E-state index in [1.54, 1.807) is 20.8 Å². The van der Waals surface area contributed by atoms with E-state index in [9.17, 15) is 8.42 Å². The van der Waals surface area contributed by atoms with Crippen molar-refractivity contribution in [1.82, 2.24) is 0 Å². The zero-order chi connectivity index (χ0) is 11.3. The molecule has 3 unspecified atom stereocenters. The Hall–Kier alpha value is -0.390. The highest BCUT2D eigenvalue weighted by molar-refractivity contribution is 7.88. The molecule has 0 aromatic rings. The summed E-state index contributed by atoms with van der Waals surface area (Å²) in [6, 6.07) is 0. The maximum atomic E-state index is 11.8. The molecule has 0 aromatic carbocycles. The number of hydrogen-bond acceptors (Lipinski definition) is 4. The van der Waals surface area contributed by atoms with E-state index in [0.717, 1.165) is 0 Å². The first-order valence-electron chi connectivity index (χ1n) is 5.06. The van der Waals surface area contributed by atoms with Gasteiger partial charge in [-0.1, -0.05) is 12.2 Å². The molecule has 2 aliphatic rings. The summed E-state index contributed by atoms with van der Waals surface area (Å²) in [7, 11) is -3.52. The van der Waals surface area contributed by atoms with Crippen molar-refractivity contribution in [2.75, 3.05) is 0 Å². The molecule has 1 saturated heterocycles. The first kappa shape index (κ1) is 11.1. The Bertz CT molecular complexity index is 377. The molecule has 0 aliphatic carbocycles. The first-order valence-corrected chi connectivity index (χ1v) is 6.47. The molecule has 3 atom stereocenters. The Kier molecular flexibility index (Phi) is 2.44. The maximum Gasteiger partial charge on any atom is 0.272 e. The van der Waals surface area contributed by atoms with Gasteiger partial charge in [-0.25, -0.2) is 0 Å². The van der Waals surface area contributed by atoms with Crippen LogP contribution in [0.4, 0.5) is 0 Å². The molecule has 0 radical (unpaired) electrons. The average molecular weight is 232 g/mol. The van der Waals surface area contributed by atoms with E-state index < -0.39 is 14.9 Å². The van der Waals surface area contributed by atoms with Gasteiger partial charge in [0.2, 0.25) is 0 Å². The van der Waals surface area contributed by atoms with Gasteiger partial charge in [0.25, 0.3) is 10.1 Å². The largest absolute Gasteiger partial charge is 0.364 e. The summed E-state index contributed by atoms with van der Waals surface area (Å²) >= 11 is 0. The summed E-state index contributed by atoms with van der Waals surface area (Å²) in [5.41, 5.74) is 0. The second-order valence-corrected chi connectivity index (χ2v) is 7.29. The second kappa shape index (κ2) is 3.30. The van der Waals surface area contributed by atoms with Crippen molar-refractivity contribution in [2.45, 2.75) is 50.3 Å². The fourth-order valence-electron chi connectivity index (χ4n) is 1.64. The van der Waals surface area contributed by atoms with Crippen LogP contribution in [-0.2, 0) is 19.0 Å². The van der Waals surface area contributed by atoms with Crippen molar-refractivity contribution in [3.05, 3.63) is 12.2 Å².